The SMILES string of the molecule is COc1ccc(CN2CCC(C(=O)NC(c3ccc(F)cc3)c3ccc4ccccc4n3)CC2)cc1. The van der Waals surface area contributed by atoms with Gasteiger partial charge in [0.25, 0.3) is 0 Å². The molecule has 5 nitrogen and oxygen atoms in total. The van der Waals surface area contributed by atoms with Crippen molar-refractivity contribution in [1.29, 1.82) is 0 Å². The molecule has 3 aromatic carbocycles. The van der Waals surface area contributed by atoms with Gasteiger partial charge in [0.15, 0.2) is 0 Å². The van der Waals surface area contributed by atoms with Crippen molar-refractivity contribution in [3.63, 3.8) is 0 Å². The molecular formula is C30H30FN3O2. The highest BCUT2D eigenvalue weighted by Crippen LogP contribution is 2.26. The number of piperidine rings is 1. The third-order valence-electron chi connectivity index (χ3n) is 6.93. The number of carbonyl (C=O) groups excluding carboxylic acids is 1. The molecule has 1 atom stereocenters. The van der Waals surface area contributed by atoms with Crippen molar-refractivity contribution in [3.8, 4) is 5.75 Å². The lowest BCUT2D eigenvalue weighted by molar-refractivity contribution is -0.127. The summed E-state index contributed by atoms with van der Waals surface area (Å²) < 4.78 is 18.9. The van der Waals surface area contributed by atoms with Crippen LogP contribution in [0.1, 0.15) is 35.7 Å². The highest BCUT2D eigenvalue weighted by Gasteiger charge is 2.28. The van der Waals surface area contributed by atoms with Crippen LogP contribution in [0.15, 0.2) is 84.9 Å². The van der Waals surface area contributed by atoms with Crippen LogP contribution >= 0.6 is 0 Å². The zero-order chi connectivity index (χ0) is 24.9. The fourth-order valence-electron chi connectivity index (χ4n) is 4.83. The van der Waals surface area contributed by atoms with E-state index in [4.69, 9.17) is 9.72 Å². The maximum absolute atomic E-state index is 13.6. The number of rotatable bonds is 7. The van der Waals surface area contributed by atoms with Gasteiger partial charge < -0.3 is 10.1 Å². The molecule has 0 bridgehead atoms. The maximum atomic E-state index is 13.6. The Kier molecular flexibility index (Phi) is 7.23. The standard InChI is InChI=1S/C30H30FN3O2/c1-36-26-13-6-21(7-14-26)20-34-18-16-24(17-19-34)30(35)33-29(23-8-11-25(31)12-9-23)28-15-10-22-4-2-3-5-27(22)32-28/h2-15,24,29H,16-20H2,1H3,(H,33,35). The zero-order valence-electron chi connectivity index (χ0n) is 20.4. The fourth-order valence-corrected chi connectivity index (χ4v) is 4.83. The molecule has 0 saturated carbocycles. The van der Waals surface area contributed by atoms with Gasteiger partial charge in [0, 0.05) is 17.8 Å². The second-order valence-corrected chi connectivity index (χ2v) is 9.32. The van der Waals surface area contributed by atoms with E-state index in [9.17, 15) is 9.18 Å². The number of hydrogen-bond acceptors (Lipinski definition) is 4. The molecule has 1 amide bonds. The van der Waals surface area contributed by atoms with Gasteiger partial charge >= 0.3 is 0 Å². The summed E-state index contributed by atoms with van der Waals surface area (Å²) in [5.41, 5.74) is 3.65. The van der Waals surface area contributed by atoms with Gasteiger partial charge in [-0.2, -0.15) is 0 Å². The molecule has 1 saturated heterocycles. The van der Waals surface area contributed by atoms with Crippen LogP contribution in [0.3, 0.4) is 0 Å². The number of hydrogen-bond donors (Lipinski definition) is 1. The average molecular weight is 484 g/mol. The Morgan fingerprint density at radius 1 is 1.00 bits per heavy atom. The third-order valence-corrected chi connectivity index (χ3v) is 6.93. The van der Waals surface area contributed by atoms with Gasteiger partial charge in [0.1, 0.15) is 11.6 Å². The number of carbonyl (C=O) groups is 1. The molecule has 1 aromatic heterocycles. The van der Waals surface area contributed by atoms with E-state index >= 15 is 0 Å². The van der Waals surface area contributed by atoms with Crippen molar-refractivity contribution in [2.24, 2.45) is 5.92 Å². The topological polar surface area (TPSA) is 54.5 Å². The van der Waals surface area contributed by atoms with E-state index in [1.807, 2.05) is 48.5 Å². The molecule has 0 radical (unpaired) electrons. The molecule has 5 rings (SSSR count). The van der Waals surface area contributed by atoms with E-state index in [-0.39, 0.29) is 17.6 Å². The number of amides is 1. The summed E-state index contributed by atoms with van der Waals surface area (Å²) in [6.07, 6.45) is 1.59. The molecule has 184 valence electrons. The molecular weight excluding hydrogens is 453 g/mol. The summed E-state index contributed by atoms with van der Waals surface area (Å²) in [7, 11) is 1.67. The van der Waals surface area contributed by atoms with Gasteiger partial charge in [0.05, 0.1) is 24.4 Å². The maximum Gasteiger partial charge on any atom is 0.224 e. The molecule has 36 heavy (non-hydrogen) atoms. The molecule has 1 unspecified atom stereocenters. The number of nitrogens with zero attached hydrogens (tertiary/aromatic N) is 2. The molecule has 0 spiro atoms. The van der Waals surface area contributed by atoms with Crippen LogP contribution in [-0.2, 0) is 11.3 Å². The predicted octanol–water partition coefficient (Wildman–Crippen LogP) is 5.50. The Balaban J connectivity index is 1.27. The summed E-state index contributed by atoms with van der Waals surface area (Å²) in [6.45, 7) is 2.58. The smallest absolute Gasteiger partial charge is 0.224 e. The average Bonchev–Trinajstić information content (AvgIpc) is 2.93. The van der Waals surface area contributed by atoms with E-state index < -0.39 is 6.04 Å². The molecule has 4 aromatic rings. The Hall–Kier alpha value is -3.77. The van der Waals surface area contributed by atoms with Crippen LogP contribution in [0.25, 0.3) is 10.9 Å². The summed E-state index contributed by atoms with van der Waals surface area (Å²) in [5, 5.41) is 4.26. The number of likely N-dealkylation sites (tertiary alicyclic amines) is 1. The first-order valence-corrected chi connectivity index (χ1v) is 12.4. The zero-order valence-corrected chi connectivity index (χ0v) is 20.4. The van der Waals surface area contributed by atoms with Gasteiger partial charge in [-0.15, -0.1) is 0 Å². The first-order valence-electron chi connectivity index (χ1n) is 12.4. The molecule has 2 heterocycles. The minimum Gasteiger partial charge on any atom is -0.497 e. The van der Waals surface area contributed by atoms with Gasteiger partial charge in [-0.1, -0.05) is 48.5 Å². The van der Waals surface area contributed by atoms with Crippen LogP contribution in [0.5, 0.6) is 5.75 Å². The van der Waals surface area contributed by atoms with Crippen LogP contribution < -0.4 is 10.1 Å². The normalized spacial score (nSPS) is 15.5. The van der Waals surface area contributed by atoms with Crippen molar-refractivity contribution < 1.29 is 13.9 Å². The number of ether oxygens (including phenoxy) is 1. The van der Waals surface area contributed by atoms with E-state index in [1.54, 1.807) is 19.2 Å². The number of fused-ring (bicyclic) bond motifs is 1. The molecule has 1 aliphatic heterocycles. The van der Waals surface area contributed by atoms with Crippen LogP contribution in [-0.4, -0.2) is 36.0 Å². The van der Waals surface area contributed by atoms with Crippen molar-refractivity contribution in [1.82, 2.24) is 15.2 Å². The first kappa shape index (κ1) is 23.9. The molecule has 1 N–H and O–H groups in total. The second-order valence-electron chi connectivity index (χ2n) is 9.32. The Morgan fingerprint density at radius 3 is 2.44 bits per heavy atom. The molecule has 0 aliphatic carbocycles. The quantitative estimate of drug-likeness (QED) is 0.377. The Morgan fingerprint density at radius 2 is 1.72 bits per heavy atom. The van der Waals surface area contributed by atoms with Gasteiger partial charge in [-0.25, -0.2) is 4.39 Å². The minimum atomic E-state index is -0.444. The van der Waals surface area contributed by atoms with Gasteiger partial charge in [-0.3, -0.25) is 14.7 Å². The van der Waals surface area contributed by atoms with E-state index in [1.165, 1.54) is 17.7 Å². The third kappa shape index (κ3) is 5.55. The van der Waals surface area contributed by atoms with Gasteiger partial charge in [0.2, 0.25) is 5.91 Å². The molecule has 6 heteroatoms. The van der Waals surface area contributed by atoms with Crippen LogP contribution in [0.2, 0.25) is 0 Å². The number of pyridine rings is 1. The summed E-state index contributed by atoms with van der Waals surface area (Å²) in [6, 6.07) is 25.8. The summed E-state index contributed by atoms with van der Waals surface area (Å²) in [5.74, 6) is 0.495. The lowest BCUT2D eigenvalue weighted by Crippen LogP contribution is -2.41. The number of methoxy groups -OCH3 is 1. The highest BCUT2D eigenvalue weighted by molar-refractivity contribution is 5.81. The van der Waals surface area contributed by atoms with E-state index in [0.717, 1.165) is 60.4 Å². The number of aromatic nitrogens is 1. The summed E-state index contributed by atoms with van der Waals surface area (Å²) in [4.78, 5) is 20.6. The van der Waals surface area contributed by atoms with E-state index in [0.29, 0.717) is 0 Å². The van der Waals surface area contributed by atoms with Crippen LogP contribution in [0, 0.1) is 11.7 Å². The Bertz CT molecular complexity index is 1320. The van der Waals surface area contributed by atoms with Crippen molar-refractivity contribution >= 4 is 16.8 Å². The largest absolute Gasteiger partial charge is 0.497 e. The van der Waals surface area contributed by atoms with E-state index in [2.05, 4.69) is 22.3 Å². The minimum absolute atomic E-state index is 0.0170. The highest BCUT2D eigenvalue weighted by atomic mass is 19.1. The molecule has 1 aliphatic rings. The Labute approximate surface area is 210 Å². The van der Waals surface area contributed by atoms with Crippen molar-refractivity contribution in [2.45, 2.75) is 25.4 Å². The predicted molar refractivity (Wildman–Crippen MR) is 139 cm³/mol. The lowest BCUT2D eigenvalue weighted by atomic mass is 9.94. The molecule has 1 fully saturated rings. The lowest BCUT2D eigenvalue weighted by Gasteiger charge is -2.32. The number of nitrogens with one attached hydrogen (secondary N) is 1. The monoisotopic (exact) mass is 483 g/mol. The van der Waals surface area contributed by atoms with Crippen molar-refractivity contribution in [2.75, 3.05) is 20.2 Å². The van der Waals surface area contributed by atoms with Gasteiger partial charge in [-0.05, 0) is 73.5 Å². The number of para-hydroxylation sites is 1. The van der Waals surface area contributed by atoms with Crippen LogP contribution in [0.4, 0.5) is 4.39 Å². The fraction of sp³-hybridized carbons (Fsp3) is 0.267. The number of halogens is 1. The summed E-state index contributed by atoms with van der Waals surface area (Å²) >= 11 is 0. The second kappa shape index (κ2) is 10.9. The first-order chi connectivity index (χ1) is 17.6. The number of benzene rings is 3. The van der Waals surface area contributed by atoms with Crippen molar-refractivity contribution in [3.05, 3.63) is 108 Å².